The molecule has 1 aliphatic heterocycles. The maximum Gasteiger partial charge on any atom is 0.254 e. The van der Waals surface area contributed by atoms with Gasteiger partial charge in [-0.2, -0.15) is 0 Å². The molecule has 1 saturated heterocycles. The highest BCUT2D eigenvalue weighted by atomic mass is 32.2. The number of hydrogen-bond acceptors (Lipinski definition) is 4. The van der Waals surface area contributed by atoms with Crippen LogP contribution in [0.25, 0.3) is 0 Å². The van der Waals surface area contributed by atoms with Gasteiger partial charge < -0.3 is 4.90 Å². The molecule has 0 radical (unpaired) electrons. The van der Waals surface area contributed by atoms with Crippen molar-refractivity contribution in [1.82, 2.24) is 9.88 Å². The second kappa shape index (κ2) is 6.84. The first-order valence-corrected chi connectivity index (χ1v) is 9.78. The minimum absolute atomic E-state index is 0.116. The topological polar surface area (TPSA) is 70.6 Å². The van der Waals surface area contributed by atoms with Crippen LogP contribution in [0.1, 0.15) is 35.3 Å². The van der Waals surface area contributed by atoms with Crippen LogP contribution in [0.4, 0.5) is 5.69 Å². The fraction of sp³-hybridized carbons (Fsp3) is 0.333. The molecule has 2 heterocycles. The zero-order valence-corrected chi connectivity index (χ0v) is 15.1. The maximum atomic E-state index is 12.8. The third-order valence-electron chi connectivity index (χ3n) is 4.57. The number of aromatic nitrogens is 1. The molecule has 7 heteroatoms. The number of carbonyl (C=O) groups is 1. The first-order valence-electron chi connectivity index (χ1n) is 8.18. The summed E-state index contributed by atoms with van der Waals surface area (Å²) in [5, 5.41) is 0. The van der Waals surface area contributed by atoms with Crippen molar-refractivity contribution < 1.29 is 13.2 Å². The van der Waals surface area contributed by atoms with E-state index in [1.165, 1.54) is 4.31 Å². The Morgan fingerprint density at radius 2 is 1.96 bits per heavy atom. The van der Waals surface area contributed by atoms with E-state index in [4.69, 9.17) is 0 Å². The summed E-state index contributed by atoms with van der Waals surface area (Å²) < 4.78 is 25.6. The standard InChI is InChI=1S/C18H21N3O3S/c1-14(15-7-9-19-10-8-15)20(2)18(22)16-5-3-6-17(13-16)21-11-4-12-25(21,23)24/h3,5-10,13-14H,4,11-12H2,1-2H3. The molecule has 132 valence electrons. The number of pyridine rings is 1. The average molecular weight is 359 g/mol. The van der Waals surface area contributed by atoms with Gasteiger partial charge in [0.05, 0.1) is 17.5 Å². The van der Waals surface area contributed by atoms with Gasteiger partial charge in [-0.05, 0) is 49.2 Å². The Kier molecular flexibility index (Phi) is 4.76. The van der Waals surface area contributed by atoms with Gasteiger partial charge in [-0.1, -0.05) is 6.07 Å². The molecule has 1 atom stereocenters. The number of carbonyl (C=O) groups excluding carboxylic acids is 1. The third kappa shape index (κ3) is 3.51. The number of amides is 1. The molecule has 0 bridgehead atoms. The lowest BCUT2D eigenvalue weighted by atomic mass is 10.1. The first-order chi connectivity index (χ1) is 11.9. The Morgan fingerprint density at radius 1 is 1.24 bits per heavy atom. The number of rotatable bonds is 4. The second-order valence-corrected chi connectivity index (χ2v) is 8.18. The van der Waals surface area contributed by atoms with E-state index in [0.717, 1.165) is 5.56 Å². The zero-order chi connectivity index (χ0) is 18.0. The number of nitrogens with zero attached hydrogens (tertiary/aromatic N) is 3. The monoisotopic (exact) mass is 359 g/mol. The molecule has 0 N–H and O–H groups in total. The summed E-state index contributed by atoms with van der Waals surface area (Å²) in [7, 11) is -1.52. The first kappa shape index (κ1) is 17.4. The minimum atomic E-state index is -3.26. The van der Waals surface area contributed by atoms with Crippen LogP contribution in [-0.2, 0) is 10.0 Å². The van der Waals surface area contributed by atoms with Gasteiger partial charge in [0.15, 0.2) is 0 Å². The quantitative estimate of drug-likeness (QED) is 0.841. The highest BCUT2D eigenvalue weighted by molar-refractivity contribution is 7.93. The highest BCUT2D eigenvalue weighted by Gasteiger charge is 2.29. The molecule has 1 aromatic heterocycles. The van der Waals surface area contributed by atoms with E-state index in [1.54, 1.807) is 48.6 Å². The Hall–Kier alpha value is -2.41. The molecule has 6 nitrogen and oxygen atoms in total. The lowest BCUT2D eigenvalue weighted by Crippen LogP contribution is -2.30. The van der Waals surface area contributed by atoms with Crippen molar-refractivity contribution in [3.63, 3.8) is 0 Å². The normalized spacial score (nSPS) is 17.3. The van der Waals surface area contributed by atoms with Crippen molar-refractivity contribution in [3.05, 3.63) is 59.9 Å². The van der Waals surface area contributed by atoms with Crippen LogP contribution in [-0.4, -0.2) is 43.6 Å². The summed E-state index contributed by atoms with van der Waals surface area (Å²) in [5.74, 6) is 0.00667. The minimum Gasteiger partial charge on any atom is -0.335 e. The summed E-state index contributed by atoms with van der Waals surface area (Å²) >= 11 is 0. The number of anilines is 1. The van der Waals surface area contributed by atoms with E-state index < -0.39 is 10.0 Å². The number of sulfonamides is 1. The van der Waals surface area contributed by atoms with E-state index in [9.17, 15) is 13.2 Å². The lowest BCUT2D eigenvalue weighted by Gasteiger charge is -2.26. The van der Waals surface area contributed by atoms with Crippen molar-refractivity contribution in [3.8, 4) is 0 Å². The van der Waals surface area contributed by atoms with Crippen LogP contribution in [0, 0.1) is 0 Å². The molecule has 1 aliphatic rings. The largest absolute Gasteiger partial charge is 0.335 e. The molecule has 1 fully saturated rings. The van der Waals surface area contributed by atoms with E-state index >= 15 is 0 Å². The molecule has 1 amide bonds. The van der Waals surface area contributed by atoms with Crippen LogP contribution in [0.2, 0.25) is 0 Å². The maximum absolute atomic E-state index is 12.8. The molecule has 0 spiro atoms. The summed E-state index contributed by atoms with van der Waals surface area (Å²) in [6, 6.07) is 10.5. The van der Waals surface area contributed by atoms with Gasteiger partial charge in [-0.15, -0.1) is 0 Å². The molecule has 1 unspecified atom stereocenters. The van der Waals surface area contributed by atoms with E-state index in [-0.39, 0.29) is 17.7 Å². The van der Waals surface area contributed by atoms with Crippen LogP contribution in [0.5, 0.6) is 0 Å². The molecular weight excluding hydrogens is 338 g/mol. The third-order valence-corrected chi connectivity index (χ3v) is 6.44. The Bertz CT molecular complexity index is 868. The van der Waals surface area contributed by atoms with Gasteiger partial charge in [0.2, 0.25) is 10.0 Å². The van der Waals surface area contributed by atoms with Gasteiger partial charge in [0.1, 0.15) is 0 Å². The molecule has 0 aliphatic carbocycles. The fourth-order valence-electron chi connectivity index (χ4n) is 2.97. The van der Waals surface area contributed by atoms with Crippen LogP contribution in [0.3, 0.4) is 0 Å². The zero-order valence-electron chi connectivity index (χ0n) is 14.3. The van der Waals surface area contributed by atoms with Gasteiger partial charge >= 0.3 is 0 Å². The van der Waals surface area contributed by atoms with Crippen molar-refractivity contribution in [2.75, 3.05) is 23.7 Å². The molecule has 0 saturated carbocycles. The lowest BCUT2D eigenvalue weighted by molar-refractivity contribution is 0.0742. The Balaban J connectivity index is 1.84. The second-order valence-electron chi connectivity index (χ2n) is 6.16. The van der Waals surface area contributed by atoms with Crippen LogP contribution in [0.15, 0.2) is 48.8 Å². The Morgan fingerprint density at radius 3 is 2.60 bits per heavy atom. The van der Waals surface area contributed by atoms with Crippen molar-refractivity contribution in [1.29, 1.82) is 0 Å². The molecule has 2 aromatic rings. The molecule has 25 heavy (non-hydrogen) atoms. The summed E-state index contributed by atoms with van der Waals surface area (Å²) in [5.41, 5.74) is 2.01. The summed E-state index contributed by atoms with van der Waals surface area (Å²) in [6.45, 7) is 2.41. The van der Waals surface area contributed by atoms with Gasteiger partial charge in [0.25, 0.3) is 5.91 Å². The van der Waals surface area contributed by atoms with E-state index in [1.807, 2.05) is 19.1 Å². The van der Waals surface area contributed by atoms with Gasteiger partial charge in [0, 0.05) is 31.5 Å². The van der Waals surface area contributed by atoms with Crippen LogP contribution < -0.4 is 4.31 Å². The van der Waals surface area contributed by atoms with E-state index in [0.29, 0.717) is 24.2 Å². The van der Waals surface area contributed by atoms with Crippen molar-refractivity contribution >= 4 is 21.6 Å². The smallest absolute Gasteiger partial charge is 0.254 e. The van der Waals surface area contributed by atoms with Crippen molar-refractivity contribution in [2.45, 2.75) is 19.4 Å². The average Bonchev–Trinajstić information content (AvgIpc) is 2.99. The van der Waals surface area contributed by atoms with Gasteiger partial charge in [-0.25, -0.2) is 8.42 Å². The Labute approximate surface area is 148 Å². The molecule has 1 aromatic carbocycles. The summed E-state index contributed by atoms with van der Waals surface area (Å²) in [4.78, 5) is 18.5. The molecular formula is C18H21N3O3S. The van der Waals surface area contributed by atoms with E-state index in [2.05, 4.69) is 4.98 Å². The van der Waals surface area contributed by atoms with Gasteiger partial charge in [-0.3, -0.25) is 14.1 Å². The molecule has 3 rings (SSSR count). The summed E-state index contributed by atoms with van der Waals surface area (Å²) in [6.07, 6.45) is 4.01. The highest BCUT2D eigenvalue weighted by Crippen LogP contribution is 2.26. The predicted octanol–water partition coefficient (Wildman–Crippen LogP) is 2.45. The number of benzene rings is 1. The number of hydrogen-bond donors (Lipinski definition) is 0. The van der Waals surface area contributed by atoms with Crippen LogP contribution >= 0.6 is 0 Å². The predicted molar refractivity (Wildman–Crippen MR) is 96.9 cm³/mol. The SMILES string of the molecule is CC(c1ccncc1)N(C)C(=O)c1cccc(N2CCCS2(=O)=O)c1. The van der Waals surface area contributed by atoms with Crippen molar-refractivity contribution in [2.24, 2.45) is 0 Å². The fourth-order valence-corrected chi connectivity index (χ4v) is 4.53.